The second-order valence-corrected chi connectivity index (χ2v) is 8.28. The highest BCUT2D eigenvalue weighted by molar-refractivity contribution is 5.87. The van der Waals surface area contributed by atoms with Crippen LogP contribution in [0.4, 0.5) is 17.2 Å². The van der Waals surface area contributed by atoms with E-state index in [0.29, 0.717) is 0 Å². The third-order valence-corrected chi connectivity index (χ3v) is 5.05. The van der Waals surface area contributed by atoms with Crippen molar-refractivity contribution < 1.29 is 4.74 Å². The van der Waals surface area contributed by atoms with Crippen LogP contribution in [0.15, 0.2) is 42.9 Å². The van der Waals surface area contributed by atoms with Gasteiger partial charge in [0.05, 0.1) is 11.9 Å². The van der Waals surface area contributed by atoms with E-state index < -0.39 is 0 Å². The van der Waals surface area contributed by atoms with E-state index in [4.69, 9.17) is 4.74 Å². The van der Waals surface area contributed by atoms with Gasteiger partial charge in [-0.1, -0.05) is 32.9 Å². The van der Waals surface area contributed by atoms with Gasteiger partial charge in [0.1, 0.15) is 5.69 Å². The van der Waals surface area contributed by atoms with Crippen molar-refractivity contribution in [3.63, 3.8) is 0 Å². The first-order valence-electron chi connectivity index (χ1n) is 9.26. The van der Waals surface area contributed by atoms with Crippen molar-refractivity contribution in [2.75, 3.05) is 4.90 Å². The monoisotopic (exact) mass is 359 g/mol. The van der Waals surface area contributed by atoms with Gasteiger partial charge in [0.25, 0.3) is 0 Å². The largest absolute Gasteiger partial charge is 0.451 e. The summed E-state index contributed by atoms with van der Waals surface area (Å²) in [5, 5.41) is 0. The number of hydrogen-bond acceptors (Lipinski definition) is 4. The zero-order chi connectivity index (χ0) is 19.3. The predicted octanol–water partition coefficient (Wildman–Crippen LogP) is 6.27. The Kier molecular flexibility index (Phi) is 3.95. The van der Waals surface area contributed by atoms with E-state index in [1.54, 1.807) is 6.20 Å². The standard InChI is InChI=1S/C23H25N3O/c1-14-10-17(23(4,5)6)11-15(2)20(14)26-18-13-24-12-16(3)21(18)27-19-8-7-9-25-22(19)26/h7-13H,1-6H3. The SMILES string of the molecule is Cc1cncc2c1Oc1cccnc1N2c1c(C)cc(C(C)(C)C)cc1C. The summed E-state index contributed by atoms with van der Waals surface area (Å²) in [6.07, 6.45) is 5.49. The Balaban J connectivity index is 1.99. The molecule has 4 nitrogen and oxygen atoms in total. The number of rotatable bonds is 1. The topological polar surface area (TPSA) is 38.3 Å². The Hall–Kier alpha value is -2.88. The van der Waals surface area contributed by atoms with Crippen molar-refractivity contribution in [3.8, 4) is 11.5 Å². The number of nitrogens with zero attached hydrogens (tertiary/aromatic N) is 3. The molecule has 2 aromatic heterocycles. The average Bonchev–Trinajstić information content (AvgIpc) is 2.60. The molecule has 27 heavy (non-hydrogen) atoms. The molecular weight excluding hydrogens is 334 g/mol. The molecule has 0 unspecified atom stereocenters. The normalized spacial score (nSPS) is 13.0. The van der Waals surface area contributed by atoms with Gasteiger partial charge in [0.15, 0.2) is 17.3 Å². The van der Waals surface area contributed by atoms with E-state index >= 15 is 0 Å². The molecule has 1 aromatic carbocycles. The molecule has 0 atom stereocenters. The number of anilines is 3. The molecule has 0 spiro atoms. The van der Waals surface area contributed by atoms with Crippen LogP contribution in [0.3, 0.4) is 0 Å². The number of aryl methyl sites for hydroxylation is 3. The lowest BCUT2D eigenvalue weighted by Crippen LogP contribution is -2.21. The molecule has 0 bridgehead atoms. The molecular formula is C23H25N3O. The number of pyridine rings is 2. The van der Waals surface area contributed by atoms with E-state index in [9.17, 15) is 0 Å². The summed E-state index contributed by atoms with van der Waals surface area (Å²) in [7, 11) is 0. The molecule has 4 rings (SSSR count). The van der Waals surface area contributed by atoms with Gasteiger partial charge in [0, 0.05) is 18.0 Å². The fourth-order valence-corrected chi connectivity index (χ4v) is 3.65. The van der Waals surface area contributed by atoms with E-state index in [1.807, 2.05) is 31.5 Å². The van der Waals surface area contributed by atoms with Crippen molar-refractivity contribution in [1.29, 1.82) is 0 Å². The summed E-state index contributed by atoms with van der Waals surface area (Å²) in [4.78, 5) is 11.2. The van der Waals surface area contributed by atoms with Crippen LogP contribution >= 0.6 is 0 Å². The first kappa shape index (κ1) is 17.5. The van der Waals surface area contributed by atoms with Crippen LogP contribution in [0.5, 0.6) is 11.5 Å². The molecule has 1 aliphatic rings. The van der Waals surface area contributed by atoms with E-state index in [2.05, 4.69) is 61.6 Å². The van der Waals surface area contributed by atoms with Crippen LogP contribution in [0.25, 0.3) is 0 Å². The smallest absolute Gasteiger partial charge is 0.181 e. The minimum atomic E-state index is 0.102. The third kappa shape index (κ3) is 2.85. The minimum Gasteiger partial charge on any atom is -0.451 e. The maximum absolute atomic E-state index is 6.17. The number of aromatic nitrogens is 2. The van der Waals surface area contributed by atoms with Crippen LogP contribution in [-0.2, 0) is 5.41 Å². The van der Waals surface area contributed by atoms with Crippen molar-refractivity contribution in [2.24, 2.45) is 0 Å². The van der Waals surface area contributed by atoms with Crippen LogP contribution in [0.2, 0.25) is 0 Å². The maximum atomic E-state index is 6.17. The Bertz CT molecular complexity index is 1010. The summed E-state index contributed by atoms with van der Waals surface area (Å²) >= 11 is 0. The molecule has 0 saturated heterocycles. The summed E-state index contributed by atoms with van der Waals surface area (Å²) in [5.41, 5.74) is 6.94. The molecule has 0 amide bonds. The van der Waals surface area contributed by atoms with Crippen LogP contribution < -0.4 is 9.64 Å². The quantitative estimate of drug-likeness (QED) is 0.401. The van der Waals surface area contributed by atoms with Crippen molar-refractivity contribution in [2.45, 2.75) is 47.0 Å². The molecule has 138 valence electrons. The highest BCUT2D eigenvalue weighted by Gasteiger charge is 2.30. The fourth-order valence-electron chi connectivity index (χ4n) is 3.65. The number of ether oxygens (including phenoxy) is 1. The molecule has 4 heteroatoms. The Morgan fingerprint density at radius 2 is 1.67 bits per heavy atom. The van der Waals surface area contributed by atoms with Crippen molar-refractivity contribution in [3.05, 3.63) is 65.1 Å². The van der Waals surface area contributed by atoms with Crippen LogP contribution in [-0.4, -0.2) is 9.97 Å². The maximum Gasteiger partial charge on any atom is 0.181 e. The molecule has 1 aliphatic heterocycles. The minimum absolute atomic E-state index is 0.102. The van der Waals surface area contributed by atoms with E-state index in [0.717, 1.165) is 34.3 Å². The lowest BCUT2D eigenvalue weighted by molar-refractivity contribution is 0.469. The van der Waals surface area contributed by atoms with Crippen LogP contribution in [0, 0.1) is 20.8 Å². The lowest BCUT2D eigenvalue weighted by Gasteiger charge is -2.34. The summed E-state index contributed by atoms with van der Waals surface area (Å²) in [6, 6.07) is 8.43. The molecule has 0 N–H and O–H groups in total. The molecule has 3 heterocycles. The van der Waals surface area contributed by atoms with Gasteiger partial charge in [-0.05, 0) is 55.0 Å². The van der Waals surface area contributed by atoms with Crippen LogP contribution in [0.1, 0.15) is 43.0 Å². The van der Waals surface area contributed by atoms with E-state index in [-0.39, 0.29) is 5.41 Å². The number of hydrogen-bond donors (Lipinski definition) is 0. The molecule has 0 aliphatic carbocycles. The highest BCUT2D eigenvalue weighted by Crippen LogP contribution is 2.51. The average molecular weight is 359 g/mol. The fraction of sp³-hybridized carbons (Fsp3) is 0.304. The van der Waals surface area contributed by atoms with E-state index in [1.165, 1.54) is 16.7 Å². The van der Waals surface area contributed by atoms with Gasteiger partial charge in [-0.15, -0.1) is 0 Å². The van der Waals surface area contributed by atoms with Gasteiger partial charge in [0.2, 0.25) is 0 Å². The van der Waals surface area contributed by atoms with Gasteiger partial charge >= 0.3 is 0 Å². The first-order chi connectivity index (χ1) is 12.8. The second-order valence-electron chi connectivity index (χ2n) is 8.28. The summed E-state index contributed by atoms with van der Waals surface area (Å²) in [6.45, 7) is 13.1. The third-order valence-electron chi connectivity index (χ3n) is 5.05. The molecule has 0 saturated carbocycles. The highest BCUT2D eigenvalue weighted by atomic mass is 16.5. The van der Waals surface area contributed by atoms with Crippen molar-refractivity contribution in [1.82, 2.24) is 9.97 Å². The number of fused-ring (bicyclic) bond motifs is 2. The first-order valence-corrected chi connectivity index (χ1v) is 9.26. The van der Waals surface area contributed by atoms with Gasteiger partial charge in [-0.25, -0.2) is 4.98 Å². The Morgan fingerprint density at radius 3 is 2.33 bits per heavy atom. The Morgan fingerprint density at radius 1 is 0.963 bits per heavy atom. The molecule has 3 aromatic rings. The second kappa shape index (κ2) is 6.08. The Labute approximate surface area is 160 Å². The summed E-state index contributed by atoms with van der Waals surface area (Å²) < 4.78 is 6.17. The van der Waals surface area contributed by atoms with Crippen molar-refractivity contribution >= 4 is 17.2 Å². The predicted molar refractivity (Wildman–Crippen MR) is 110 cm³/mol. The van der Waals surface area contributed by atoms with Gasteiger partial charge < -0.3 is 4.74 Å². The zero-order valence-electron chi connectivity index (χ0n) is 16.8. The molecule has 0 radical (unpaired) electrons. The zero-order valence-corrected chi connectivity index (χ0v) is 16.8. The van der Waals surface area contributed by atoms with Gasteiger partial charge in [-0.2, -0.15) is 0 Å². The van der Waals surface area contributed by atoms with Gasteiger partial charge in [-0.3, -0.25) is 9.88 Å². The summed E-state index contributed by atoms with van der Waals surface area (Å²) in [5.74, 6) is 2.40. The molecule has 0 fully saturated rings. The lowest BCUT2D eigenvalue weighted by atomic mass is 9.84. The number of benzene rings is 1.